The summed E-state index contributed by atoms with van der Waals surface area (Å²) in [5.74, 6) is 0.926. The molecule has 0 saturated carbocycles. The van der Waals surface area contributed by atoms with E-state index in [9.17, 15) is 0 Å². The Morgan fingerprint density at radius 1 is 1.03 bits per heavy atom. The number of hydrogen-bond acceptors (Lipinski definition) is 4. The molecular formula is C24H40IN7. The number of rotatable bonds is 11. The molecule has 2 aromatic rings. The van der Waals surface area contributed by atoms with Crippen molar-refractivity contribution < 1.29 is 0 Å². The first-order valence-corrected chi connectivity index (χ1v) is 11.8. The first kappa shape index (κ1) is 26.4. The molecule has 7 nitrogen and oxygen atoms in total. The van der Waals surface area contributed by atoms with E-state index in [-0.39, 0.29) is 24.0 Å². The van der Waals surface area contributed by atoms with E-state index >= 15 is 0 Å². The lowest BCUT2D eigenvalue weighted by Crippen LogP contribution is -2.46. The van der Waals surface area contributed by atoms with Gasteiger partial charge in [-0.05, 0) is 63.4 Å². The third-order valence-electron chi connectivity index (χ3n) is 5.65. The highest BCUT2D eigenvalue weighted by Crippen LogP contribution is 2.17. The molecule has 0 spiro atoms. The van der Waals surface area contributed by atoms with Gasteiger partial charge in [0.15, 0.2) is 5.96 Å². The molecule has 0 radical (unpaired) electrons. The number of aryl methyl sites for hydroxylation is 2. The number of anilines is 1. The van der Waals surface area contributed by atoms with Crippen molar-refractivity contribution in [2.45, 2.75) is 39.7 Å². The average molecular weight is 554 g/mol. The van der Waals surface area contributed by atoms with Crippen molar-refractivity contribution >= 4 is 35.6 Å². The molecule has 8 heteroatoms. The third kappa shape index (κ3) is 9.36. The number of piperazine rings is 1. The second kappa shape index (κ2) is 15.1. The van der Waals surface area contributed by atoms with Crippen LogP contribution in [0.2, 0.25) is 0 Å². The van der Waals surface area contributed by atoms with Gasteiger partial charge in [-0.1, -0.05) is 12.1 Å². The van der Waals surface area contributed by atoms with E-state index < -0.39 is 0 Å². The SMILES string of the molecule is CCNC(=NCCCn1cccn1)NCCCCN1CCN(c2cccc(C)c2)CC1.I. The monoisotopic (exact) mass is 553 g/mol. The fourth-order valence-corrected chi connectivity index (χ4v) is 3.92. The van der Waals surface area contributed by atoms with Gasteiger partial charge in [-0.25, -0.2) is 0 Å². The van der Waals surface area contributed by atoms with Crippen LogP contribution in [0.1, 0.15) is 31.7 Å². The van der Waals surface area contributed by atoms with Crippen LogP contribution in [-0.2, 0) is 6.54 Å². The van der Waals surface area contributed by atoms with Crippen LogP contribution in [0.25, 0.3) is 0 Å². The van der Waals surface area contributed by atoms with E-state index in [0.29, 0.717) is 0 Å². The zero-order chi connectivity index (χ0) is 21.7. The molecule has 0 bridgehead atoms. The molecule has 1 aliphatic heterocycles. The predicted octanol–water partition coefficient (Wildman–Crippen LogP) is 3.36. The Bertz CT molecular complexity index is 770. The number of aromatic nitrogens is 2. The summed E-state index contributed by atoms with van der Waals surface area (Å²) in [6, 6.07) is 10.8. The second-order valence-corrected chi connectivity index (χ2v) is 8.18. The molecule has 1 saturated heterocycles. The molecule has 1 aromatic carbocycles. The van der Waals surface area contributed by atoms with Gasteiger partial charge in [0.25, 0.3) is 0 Å². The summed E-state index contributed by atoms with van der Waals surface area (Å²) in [6.07, 6.45) is 7.19. The standard InChI is InChI=1S/C24H39N7.HI/c1-3-25-24(27-12-7-15-31-16-8-13-28-31)26-11-4-5-14-29-17-19-30(20-18-29)23-10-6-9-22(2)21-23;/h6,8-10,13,16,21H,3-5,7,11-12,14-15,17-20H2,1-2H3,(H2,25,26,27);1H. The number of hydrogen-bond donors (Lipinski definition) is 2. The summed E-state index contributed by atoms with van der Waals surface area (Å²) in [6.45, 7) is 13.6. The highest BCUT2D eigenvalue weighted by molar-refractivity contribution is 14.0. The van der Waals surface area contributed by atoms with Gasteiger partial charge < -0.3 is 15.5 Å². The number of unbranched alkanes of at least 4 members (excludes halogenated alkanes) is 1. The van der Waals surface area contributed by atoms with Gasteiger partial charge in [-0.2, -0.15) is 5.10 Å². The van der Waals surface area contributed by atoms with Crippen LogP contribution in [0, 0.1) is 6.92 Å². The summed E-state index contributed by atoms with van der Waals surface area (Å²) in [5, 5.41) is 11.0. The van der Waals surface area contributed by atoms with Crippen LogP contribution in [0.3, 0.4) is 0 Å². The van der Waals surface area contributed by atoms with Crippen LogP contribution in [-0.4, -0.2) is 73.0 Å². The minimum absolute atomic E-state index is 0. The first-order valence-electron chi connectivity index (χ1n) is 11.8. The number of nitrogens with one attached hydrogen (secondary N) is 2. The van der Waals surface area contributed by atoms with Crippen LogP contribution in [0.5, 0.6) is 0 Å². The van der Waals surface area contributed by atoms with E-state index in [1.165, 1.54) is 24.2 Å². The zero-order valence-corrected chi connectivity index (χ0v) is 22.0. The quantitative estimate of drug-likeness (QED) is 0.194. The molecule has 0 amide bonds. The van der Waals surface area contributed by atoms with Crippen molar-refractivity contribution in [1.82, 2.24) is 25.3 Å². The van der Waals surface area contributed by atoms with E-state index in [0.717, 1.165) is 71.2 Å². The lowest BCUT2D eigenvalue weighted by molar-refractivity contribution is 0.253. The van der Waals surface area contributed by atoms with Crippen LogP contribution >= 0.6 is 24.0 Å². The van der Waals surface area contributed by atoms with Gasteiger partial charge in [-0.15, -0.1) is 24.0 Å². The topological polar surface area (TPSA) is 60.7 Å². The van der Waals surface area contributed by atoms with Gasteiger partial charge in [0, 0.05) is 70.4 Å². The molecule has 1 aliphatic rings. The molecule has 2 heterocycles. The molecule has 32 heavy (non-hydrogen) atoms. The smallest absolute Gasteiger partial charge is 0.191 e. The van der Waals surface area contributed by atoms with Crippen LogP contribution in [0.4, 0.5) is 5.69 Å². The molecule has 0 unspecified atom stereocenters. The lowest BCUT2D eigenvalue weighted by atomic mass is 10.2. The van der Waals surface area contributed by atoms with Gasteiger partial charge in [-0.3, -0.25) is 14.6 Å². The number of benzene rings is 1. The highest BCUT2D eigenvalue weighted by Gasteiger charge is 2.16. The summed E-state index contributed by atoms with van der Waals surface area (Å²) in [7, 11) is 0. The predicted molar refractivity (Wildman–Crippen MR) is 145 cm³/mol. The second-order valence-electron chi connectivity index (χ2n) is 8.18. The van der Waals surface area contributed by atoms with Crippen LogP contribution in [0.15, 0.2) is 47.7 Å². The van der Waals surface area contributed by atoms with Crippen molar-refractivity contribution in [2.75, 3.05) is 57.3 Å². The van der Waals surface area contributed by atoms with Gasteiger partial charge >= 0.3 is 0 Å². The van der Waals surface area contributed by atoms with Gasteiger partial charge in [0.2, 0.25) is 0 Å². The summed E-state index contributed by atoms with van der Waals surface area (Å²) in [4.78, 5) is 9.79. The summed E-state index contributed by atoms with van der Waals surface area (Å²) in [5.41, 5.74) is 2.70. The van der Waals surface area contributed by atoms with Crippen molar-refractivity contribution in [3.05, 3.63) is 48.3 Å². The fraction of sp³-hybridized carbons (Fsp3) is 0.583. The van der Waals surface area contributed by atoms with Crippen LogP contribution < -0.4 is 15.5 Å². The first-order chi connectivity index (χ1) is 15.2. The molecule has 3 rings (SSSR count). The Kier molecular flexibility index (Phi) is 12.5. The third-order valence-corrected chi connectivity index (χ3v) is 5.65. The molecule has 0 atom stereocenters. The Balaban J connectivity index is 0.00000363. The van der Waals surface area contributed by atoms with Gasteiger partial charge in [0.05, 0.1) is 0 Å². The van der Waals surface area contributed by atoms with Gasteiger partial charge in [0.1, 0.15) is 0 Å². The summed E-state index contributed by atoms with van der Waals surface area (Å²) >= 11 is 0. The Morgan fingerprint density at radius 2 is 1.88 bits per heavy atom. The Hall–Kier alpha value is -1.81. The number of guanidine groups is 1. The molecule has 0 aliphatic carbocycles. The van der Waals surface area contributed by atoms with E-state index in [4.69, 9.17) is 0 Å². The maximum Gasteiger partial charge on any atom is 0.191 e. The fourth-order valence-electron chi connectivity index (χ4n) is 3.92. The molecule has 2 N–H and O–H groups in total. The minimum atomic E-state index is 0. The average Bonchev–Trinajstić information content (AvgIpc) is 3.30. The maximum atomic E-state index is 4.68. The zero-order valence-electron chi connectivity index (χ0n) is 19.7. The normalized spacial score (nSPS) is 14.8. The number of nitrogens with zero attached hydrogens (tertiary/aromatic N) is 5. The minimum Gasteiger partial charge on any atom is -0.369 e. The van der Waals surface area contributed by atoms with Crippen molar-refractivity contribution in [1.29, 1.82) is 0 Å². The maximum absolute atomic E-state index is 4.68. The largest absolute Gasteiger partial charge is 0.369 e. The summed E-state index contributed by atoms with van der Waals surface area (Å²) < 4.78 is 1.95. The van der Waals surface area contributed by atoms with Crippen molar-refractivity contribution in [3.8, 4) is 0 Å². The number of halogens is 1. The molecule has 1 aromatic heterocycles. The lowest BCUT2D eigenvalue weighted by Gasteiger charge is -2.36. The van der Waals surface area contributed by atoms with Crippen molar-refractivity contribution in [2.24, 2.45) is 4.99 Å². The van der Waals surface area contributed by atoms with E-state index in [1.807, 2.05) is 23.1 Å². The Morgan fingerprint density at radius 3 is 2.59 bits per heavy atom. The Labute approximate surface area is 210 Å². The highest BCUT2D eigenvalue weighted by atomic mass is 127. The van der Waals surface area contributed by atoms with E-state index in [1.54, 1.807) is 0 Å². The van der Waals surface area contributed by atoms with Crippen molar-refractivity contribution in [3.63, 3.8) is 0 Å². The molecule has 1 fully saturated rings. The number of aliphatic imine (C=N–C) groups is 1. The molecular weight excluding hydrogens is 513 g/mol. The molecule has 178 valence electrons. The van der Waals surface area contributed by atoms with E-state index in [2.05, 4.69) is 68.6 Å².